The minimum absolute atomic E-state index is 0.173. The Labute approximate surface area is 198 Å². The van der Waals surface area contributed by atoms with E-state index in [1.165, 1.54) is 16.7 Å². The molecule has 4 heteroatoms. The Balaban J connectivity index is 1.72. The largest absolute Gasteiger partial charge is 0.427 e. The molecule has 31 heavy (non-hydrogen) atoms. The van der Waals surface area contributed by atoms with Crippen molar-refractivity contribution in [3.8, 4) is 0 Å². The highest BCUT2D eigenvalue weighted by Crippen LogP contribution is 2.37. The van der Waals surface area contributed by atoms with Crippen LogP contribution < -0.4 is 0 Å². The number of aliphatic imine (C=N–C) groups is 1. The van der Waals surface area contributed by atoms with E-state index in [-0.39, 0.29) is 6.04 Å². The summed E-state index contributed by atoms with van der Waals surface area (Å²) in [5.74, 6) is 1.01. The molecule has 0 saturated carbocycles. The van der Waals surface area contributed by atoms with Crippen LogP contribution >= 0.6 is 22.6 Å². The smallest absolute Gasteiger partial charge is 0.293 e. The van der Waals surface area contributed by atoms with Crippen LogP contribution in [0.3, 0.4) is 0 Å². The Morgan fingerprint density at radius 1 is 0.871 bits per heavy atom. The first-order valence-electron chi connectivity index (χ1n) is 10.8. The maximum Gasteiger partial charge on any atom is 0.293 e. The number of benzene rings is 3. The quantitative estimate of drug-likeness (QED) is 0.311. The summed E-state index contributed by atoms with van der Waals surface area (Å²) in [4.78, 5) is 7.24. The predicted octanol–water partition coefficient (Wildman–Crippen LogP) is 7.05. The summed E-state index contributed by atoms with van der Waals surface area (Å²) in [5, 5.41) is 0. The van der Waals surface area contributed by atoms with Gasteiger partial charge in [0.25, 0.3) is 6.02 Å². The van der Waals surface area contributed by atoms with E-state index < -0.39 is 0 Å². The van der Waals surface area contributed by atoms with Crippen molar-refractivity contribution in [2.24, 2.45) is 4.99 Å². The fraction of sp³-hybridized carbons (Fsp3) is 0.222. The molecule has 3 aromatic rings. The topological polar surface area (TPSA) is 24.8 Å². The lowest BCUT2D eigenvalue weighted by molar-refractivity contribution is 0.343. The number of hydrogen-bond donors (Lipinski definition) is 0. The highest BCUT2D eigenvalue weighted by atomic mass is 127. The van der Waals surface area contributed by atoms with Crippen molar-refractivity contribution in [1.82, 2.24) is 4.90 Å². The van der Waals surface area contributed by atoms with E-state index >= 15 is 0 Å². The van der Waals surface area contributed by atoms with Gasteiger partial charge in [0.1, 0.15) is 5.76 Å². The molecule has 1 fully saturated rings. The van der Waals surface area contributed by atoms with Crippen LogP contribution in [0.15, 0.2) is 102 Å². The van der Waals surface area contributed by atoms with Crippen LogP contribution in [0.5, 0.6) is 0 Å². The molecule has 1 unspecified atom stereocenters. The van der Waals surface area contributed by atoms with Crippen molar-refractivity contribution < 1.29 is 4.74 Å². The summed E-state index contributed by atoms with van der Waals surface area (Å²) >= 11 is 2.43. The van der Waals surface area contributed by atoms with Gasteiger partial charge in [-0.2, -0.15) is 0 Å². The van der Waals surface area contributed by atoms with Gasteiger partial charge in [-0.25, -0.2) is 4.99 Å². The van der Waals surface area contributed by atoms with Gasteiger partial charge in [0.05, 0.1) is 16.2 Å². The van der Waals surface area contributed by atoms with E-state index in [4.69, 9.17) is 9.73 Å². The first kappa shape index (κ1) is 21.6. The maximum atomic E-state index is 6.50. The molecule has 0 N–H and O–H groups in total. The third kappa shape index (κ3) is 5.37. The molecule has 0 radical (unpaired) electrons. The van der Waals surface area contributed by atoms with Crippen molar-refractivity contribution >= 4 is 32.2 Å². The highest BCUT2D eigenvalue weighted by Gasteiger charge is 2.37. The second kappa shape index (κ2) is 10.6. The van der Waals surface area contributed by atoms with Crippen molar-refractivity contribution in [3.05, 3.63) is 113 Å². The van der Waals surface area contributed by atoms with Crippen LogP contribution in [-0.4, -0.2) is 17.0 Å². The van der Waals surface area contributed by atoms with Crippen LogP contribution in [0, 0.1) is 0 Å². The Hall–Kier alpha value is -2.60. The summed E-state index contributed by atoms with van der Waals surface area (Å²) in [7, 11) is 0. The van der Waals surface area contributed by atoms with E-state index in [0.717, 1.165) is 28.7 Å². The third-order valence-electron chi connectivity index (χ3n) is 5.37. The van der Waals surface area contributed by atoms with Gasteiger partial charge >= 0.3 is 0 Å². The number of ether oxygens (including phenoxy) is 1. The lowest BCUT2D eigenvalue weighted by Crippen LogP contribution is -2.33. The average molecular weight is 522 g/mol. The standard InChI is InChI=1S/C27H27IN2O/c1-2-12-24-26(25(28)23-17-10-5-11-18-23)31-27(29-19-21-13-6-3-7-14-21)30(24)20-22-15-8-4-9-16-22/h3-11,13-18,24H,2,12,19-20H2,1H3/b26-25+,29-27?. The Morgan fingerprint density at radius 3 is 2.06 bits per heavy atom. The SMILES string of the molecule is CCCC1/C(=C(\I)c2ccccc2)OC(=NCc2ccccc2)N1Cc1ccccc1. The average Bonchev–Trinajstić information content (AvgIpc) is 3.16. The summed E-state index contributed by atoms with van der Waals surface area (Å²) in [6, 6.07) is 32.3. The highest BCUT2D eigenvalue weighted by molar-refractivity contribution is 14.1. The first-order chi connectivity index (χ1) is 15.3. The fourth-order valence-electron chi connectivity index (χ4n) is 3.80. The minimum atomic E-state index is 0.173. The van der Waals surface area contributed by atoms with Crippen LogP contribution in [0.25, 0.3) is 3.58 Å². The number of nitrogens with zero attached hydrogens (tertiary/aromatic N) is 2. The molecule has 1 aliphatic rings. The molecule has 1 aliphatic heterocycles. The molecular weight excluding hydrogens is 495 g/mol. The lowest BCUT2D eigenvalue weighted by Gasteiger charge is -2.23. The van der Waals surface area contributed by atoms with E-state index in [9.17, 15) is 0 Å². The fourth-order valence-corrected chi connectivity index (χ4v) is 4.63. The lowest BCUT2D eigenvalue weighted by atomic mass is 10.1. The molecule has 158 valence electrons. The van der Waals surface area contributed by atoms with Gasteiger partial charge in [0.15, 0.2) is 0 Å². The van der Waals surface area contributed by atoms with E-state index in [0.29, 0.717) is 12.6 Å². The molecular formula is C27H27IN2O. The van der Waals surface area contributed by atoms with Crippen LogP contribution in [0.1, 0.15) is 36.5 Å². The number of hydrogen-bond acceptors (Lipinski definition) is 2. The Morgan fingerprint density at radius 2 is 1.45 bits per heavy atom. The van der Waals surface area contributed by atoms with Gasteiger partial charge in [-0.1, -0.05) is 104 Å². The van der Waals surface area contributed by atoms with Gasteiger partial charge in [-0.15, -0.1) is 0 Å². The molecule has 1 saturated heterocycles. The van der Waals surface area contributed by atoms with Crippen LogP contribution in [0.2, 0.25) is 0 Å². The van der Waals surface area contributed by atoms with Gasteiger partial charge in [-0.05, 0) is 45.7 Å². The molecule has 0 bridgehead atoms. The molecule has 4 rings (SSSR count). The van der Waals surface area contributed by atoms with E-state index in [1.54, 1.807) is 0 Å². The zero-order chi connectivity index (χ0) is 21.5. The molecule has 0 aliphatic carbocycles. The van der Waals surface area contributed by atoms with Gasteiger partial charge in [-0.3, -0.25) is 0 Å². The maximum absolute atomic E-state index is 6.50. The second-order valence-electron chi connectivity index (χ2n) is 7.65. The monoisotopic (exact) mass is 522 g/mol. The third-order valence-corrected chi connectivity index (χ3v) is 6.52. The van der Waals surface area contributed by atoms with Gasteiger partial charge < -0.3 is 9.64 Å². The predicted molar refractivity (Wildman–Crippen MR) is 137 cm³/mol. The molecule has 3 aromatic carbocycles. The van der Waals surface area contributed by atoms with Crippen molar-refractivity contribution in [1.29, 1.82) is 0 Å². The number of amidine groups is 1. The van der Waals surface area contributed by atoms with Crippen LogP contribution in [-0.2, 0) is 17.8 Å². The molecule has 0 spiro atoms. The van der Waals surface area contributed by atoms with E-state index in [1.807, 2.05) is 12.1 Å². The zero-order valence-electron chi connectivity index (χ0n) is 17.7. The first-order valence-corrected chi connectivity index (χ1v) is 11.9. The molecule has 1 heterocycles. The summed E-state index contributed by atoms with van der Waals surface area (Å²) in [6.45, 7) is 3.61. The molecule has 0 aromatic heterocycles. The second-order valence-corrected chi connectivity index (χ2v) is 8.73. The van der Waals surface area contributed by atoms with Crippen molar-refractivity contribution in [2.75, 3.05) is 0 Å². The van der Waals surface area contributed by atoms with Gasteiger partial charge in [0, 0.05) is 6.54 Å². The zero-order valence-corrected chi connectivity index (χ0v) is 19.9. The summed E-state index contributed by atoms with van der Waals surface area (Å²) in [5.41, 5.74) is 3.62. The normalized spacial score (nSPS) is 18.8. The van der Waals surface area contributed by atoms with Crippen molar-refractivity contribution in [2.45, 2.75) is 38.9 Å². The summed E-state index contributed by atoms with van der Waals surface area (Å²) in [6.07, 6.45) is 2.10. The number of rotatable bonds is 7. The van der Waals surface area contributed by atoms with E-state index in [2.05, 4.69) is 113 Å². The van der Waals surface area contributed by atoms with Gasteiger partial charge in [0.2, 0.25) is 0 Å². The van der Waals surface area contributed by atoms with Crippen molar-refractivity contribution in [3.63, 3.8) is 0 Å². The van der Waals surface area contributed by atoms with Crippen LogP contribution in [0.4, 0.5) is 0 Å². The molecule has 3 nitrogen and oxygen atoms in total. The minimum Gasteiger partial charge on any atom is -0.427 e. The summed E-state index contributed by atoms with van der Waals surface area (Å²) < 4.78 is 7.65. The molecule has 1 atom stereocenters. The Bertz CT molecular complexity index is 1030. The molecule has 0 amide bonds. The Kier molecular flexibility index (Phi) is 7.41. The number of halogens is 1.